The molecule has 1 heterocycles. The Bertz CT molecular complexity index is 430. The summed E-state index contributed by atoms with van der Waals surface area (Å²) in [5.74, 6) is 2.48. The smallest absolute Gasteiger partial charge is 0.234 e. The van der Waals surface area contributed by atoms with Gasteiger partial charge in [-0.1, -0.05) is 12.1 Å². The van der Waals surface area contributed by atoms with Crippen LogP contribution in [-0.4, -0.2) is 48.2 Å². The first-order valence-corrected chi connectivity index (χ1v) is 9.24. The van der Waals surface area contributed by atoms with E-state index in [0.29, 0.717) is 19.1 Å². The van der Waals surface area contributed by atoms with Crippen LogP contribution in [0.25, 0.3) is 0 Å². The molecule has 5 heteroatoms. The van der Waals surface area contributed by atoms with Crippen molar-refractivity contribution in [2.24, 2.45) is 0 Å². The second kappa shape index (κ2) is 7.96. The molecule has 0 spiro atoms. The quantitative estimate of drug-likeness (QED) is 0.818. The molecular formula is C15H22N2OS2. The molecule has 0 bridgehead atoms. The summed E-state index contributed by atoms with van der Waals surface area (Å²) < 4.78 is 0. The molecular weight excluding hydrogens is 288 g/mol. The van der Waals surface area contributed by atoms with Gasteiger partial charge >= 0.3 is 0 Å². The Morgan fingerprint density at radius 3 is 2.80 bits per heavy atom. The molecule has 0 radical (unpaired) electrons. The molecule has 1 fully saturated rings. The van der Waals surface area contributed by atoms with Crippen LogP contribution in [0.2, 0.25) is 0 Å². The number of amides is 1. The van der Waals surface area contributed by atoms with Crippen LogP contribution >= 0.6 is 23.5 Å². The zero-order chi connectivity index (χ0) is 14.4. The Hall–Kier alpha value is -0.650. The van der Waals surface area contributed by atoms with E-state index in [1.54, 1.807) is 11.8 Å². The van der Waals surface area contributed by atoms with Crippen LogP contribution in [0.3, 0.4) is 0 Å². The first-order chi connectivity index (χ1) is 9.69. The van der Waals surface area contributed by atoms with Gasteiger partial charge in [-0.3, -0.25) is 9.69 Å². The van der Waals surface area contributed by atoms with Crippen molar-refractivity contribution in [1.29, 1.82) is 0 Å². The highest BCUT2D eigenvalue weighted by atomic mass is 32.2. The molecule has 20 heavy (non-hydrogen) atoms. The predicted octanol–water partition coefficient (Wildman–Crippen LogP) is 2.46. The van der Waals surface area contributed by atoms with Crippen molar-refractivity contribution in [1.82, 2.24) is 10.2 Å². The molecule has 1 saturated heterocycles. The number of nitrogens with zero attached hydrogens (tertiary/aromatic N) is 1. The molecule has 1 aromatic carbocycles. The van der Waals surface area contributed by atoms with Crippen LogP contribution in [0, 0.1) is 0 Å². The van der Waals surface area contributed by atoms with Crippen molar-refractivity contribution in [3.63, 3.8) is 0 Å². The van der Waals surface area contributed by atoms with E-state index in [9.17, 15) is 4.79 Å². The van der Waals surface area contributed by atoms with Crippen LogP contribution in [-0.2, 0) is 11.3 Å². The van der Waals surface area contributed by atoms with E-state index in [-0.39, 0.29) is 5.91 Å². The van der Waals surface area contributed by atoms with Crippen LogP contribution < -0.4 is 5.32 Å². The van der Waals surface area contributed by atoms with Gasteiger partial charge in [-0.15, -0.1) is 11.8 Å². The Morgan fingerprint density at radius 1 is 1.45 bits per heavy atom. The number of carbonyl (C=O) groups is 1. The lowest BCUT2D eigenvalue weighted by molar-refractivity contribution is -0.122. The number of carbonyl (C=O) groups excluding carboxylic acids is 1. The molecule has 0 aromatic heterocycles. The fourth-order valence-corrected chi connectivity index (χ4v) is 3.93. The molecule has 1 N–H and O–H groups in total. The maximum Gasteiger partial charge on any atom is 0.234 e. The number of benzene rings is 1. The predicted molar refractivity (Wildman–Crippen MR) is 88.4 cm³/mol. The molecule has 0 aliphatic carbocycles. The minimum atomic E-state index is 0.110. The minimum Gasteiger partial charge on any atom is -0.351 e. The lowest BCUT2D eigenvalue weighted by Gasteiger charge is -2.22. The standard InChI is InChI=1S/C15H22N2OS2/c1-17(13-7-8-20-11-13)10-15(18)16-9-12-3-5-14(19-2)6-4-12/h3-6,13H,7-11H2,1-2H3,(H,16,18)/t13-/m0/s1. The topological polar surface area (TPSA) is 32.3 Å². The summed E-state index contributed by atoms with van der Waals surface area (Å²) in [6.07, 6.45) is 3.26. The number of hydrogen-bond acceptors (Lipinski definition) is 4. The molecule has 3 nitrogen and oxygen atoms in total. The van der Waals surface area contributed by atoms with Gasteiger partial charge in [0.25, 0.3) is 0 Å². The van der Waals surface area contributed by atoms with E-state index in [2.05, 4.69) is 40.7 Å². The summed E-state index contributed by atoms with van der Waals surface area (Å²) in [5, 5.41) is 3.00. The lowest BCUT2D eigenvalue weighted by atomic mass is 10.2. The van der Waals surface area contributed by atoms with E-state index in [4.69, 9.17) is 0 Å². The highest BCUT2D eigenvalue weighted by Gasteiger charge is 2.21. The van der Waals surface area contributed by atoms with Crippen LogP contribution in [0.4, 0.5) is 0 Å². The molecule has 1 amide bonds. The van der Waals surface area contributed by atoms with Crippen molar-refractivity contribution in [2.45, 2.75) is 23.9 Å². The van der Waals surface area contributed by atoms with Crippen LogP contribution in [0.1, 0.15) is 12.0 Å². The second-order valence-electron chi connectivity index (χ2n) is 5.06. The average molecular weight is 310 g/mol. The number of rotatable bonds is 6. The van der Waals surface area contributed by atoms with Gasteiger partial charge in [0.1, 0.15) is 0 Å². The van der Waals surface area contributed by atoms with Crippen molar-refractivity contribution < 1.29 is 4.79 Å². The van der Waals surface area contributed by atoms with Crippen LogP contribution in [0.15, 0.2) is 29.2 Å². The van der Waals surface area contributed by atoms with Gasteiger partial charge in [0, 0.05) is 23.2 Å². The molecule has 110 valence electrons. The number of thioether (sulfide) groups is 2. The van der Waals surface area contributed by atoms with E-state index in [1.807, 2.05) is 18.8 Å². The Labute approximate surface area is 129 Å². The second-order valence-corrected chi connectivity index (χ2v) is 7.09. The van der Waals surface area contributed by atoms with Gasteiger partial charge in [0.15, 0.2) is 0 Å². The van der Waals surface area contributed by atoms with E-state index < -0.39 is 0 Å². The Kier molecular flexibility index (Phi) is 6.26. The highest BCUT2D eigenvalue weighted by molar-refractivity contribution is 7.99. The van der Waals surface area contributed by atoms with E-state index in [1.165, 1.54) is 17.1 Å². The summed E-state index contributed by atoms with van der Waals surface area (Å²) in [6, 6.07) is 8.89. The molecule has 1 aliphatic rings. The first kappa shape index (κ1) is 15.7. The number of likely N-dealkylation sites (N-methyl/N-ethyl adjacent to an activating group) is 1. The minimum absolute atomic E-state index is 0.110. The summed E-state index contributed by atoms with van der Waals surface area (Å²) in [7, 11) is 2.05. The Balaban J connectivity index is 1.73. The third-order valence-electron chi connectivity index (χ3n) is 3.57. The van der Waals surface area contributed by atoms with Gasteiger partial charge in [-0.2, -0.15) is 11.8 Å². The third kappa shape index (κ3) is 4.72. The van der Waals surface area contributed by atoms with Crippen LogP contribution in [0.5, 0.6) is 0 Å². The fourth-order valence-electron chi connectivity index (χ4n) is 2.23. The largest absolute Gasteiger partial charge is 0.351 e. The average Bonchev–Trinajstić information content (AvgIpc) is 3.00. The summed E-state index contributed by atoms with van der Waals surface area (Å²) >= 11 is 3.70. The Morgan fingerprint density at radius 2 is 2.20 bits per heavy atom. The summed E-state index contributed by atoms with van der Waals surface area (Å²) in [6.45, 7) is 1.11. The van der Waals surface area contributed by atoms with Gasteiger partial charge in [-0.25, -0.2) is 0 Å². The third-order valence-corrected chi connectivity index (χ3v) is 5.46. The van der Waals surface area contributed by atoms with Crippen molar-refractivity contribution in [3.8, 4) is 0 Å². The van der Waals surface area contributed by atoms with Gasteiger partial charge in [-0.05, 0) is 43.2 Å². The molecule has 1 atom stereocenters. The van der Waals surface area contributed by atoms with Crippen molar-refractivity contribution in [2.75, 3.05) is 31.4 Å². The van der Waals surface area contributed by atoms with Crippen molar-refractivity contribution >= 4 is 29.4 Å². The zero-order valence-corrected chi connectivity index (χ0v) is 13.7. The van der Waals surface area contributed by atoms with Gasteiger partial charge in [0.05, 0.1) is 6.54 Å². The van der Waals surface area contributed by atoms with E-state index in [0.717, 1.165) is 11.3 Å². The summed E-state index contributed by atoms with van der Waals surface area (Å²) in [4.78, 5) is 15.4. The van der Waals surface area contributed by atoms with Gasteiger partial charge in [0.2, 0.25) is 5.91 Å². The number of hydrogen-bond donors (Lipinski definition) is 1. The maximum atomic E-state index is 11.9. The normalized spacial score (nSPS) is 18.4. The molecule has 1 aromatic rings. The monoisotopic (exact) mass is 310 g/mol. The molecule has 2 rings (SSSR count). The fraction of sp³-hybridized carbons (Fsp3) is 0.533. The molecule has 0 saturated carbocycles. The summed E-state index contributed by atoms with van der Waals surface area (Å²) in [5.41, 5.74) is 1.15. The highest BCUT2D eigenvalue weighted by Crippen LogP contribution is 2.21. The molecule has 1 aliphatic heterocycles. The maximum absolute atomic E-state index is 11.9. The van der Waals surface area contributed by atoms with Crippen molar-refractivity contribution in [3.05, 3.63) is 29.8 Å². The SMILES string of the molecule is CSc1ccc(CNC(=O)CN(C)[C@H]2CCSC2)cc1. The first-order valence-electron chi connectivity index (χ1n) is 6.86. The number of nitrogens with one attached hydrogen (secondary N) is 1. The molecule has 0 unspecified atom stereocenters. The zero-order valence-electron chi connectivity index (χ0n) is 12.1. The van der Waals surface area contributed by atoms with E-state index >= 15 is 0 Å². The van der Waals surface area contributed by atoms with Gasteiger partial charge < -0.3 is 5.32 Å². The lowest BCUT2D eigenvalue weighted by Crippen LogP contribution is -2.40.